The predicted molar refractivity (Wildman–Crippen MR) is 67.9 cm³/mol. The number of hydrogen-bond donors (Lipinski definition) is 1. The van der Waals surface area contributed by atoms with E-state index in [2.05, 4.69) is 0 Å². The number of carbonyl (C=O) groups excluding carboxylic acids is 2. The van der Waals surface area contributed by atoms with Crippen LogP contribution in [0.1, 0.15) is 19.8 Å². The molecule has 0 aromatic rings. The number of nitrogens with two attached hydrogens (primary N) is 1. The fraction of sp³-hybridized carbons (Fsp3) is 0.833. The van der Waals surface area contributed by atoms with Crippen LogP contribution in [-0.4, -0.2) is 57.2 Å². The molecule has 0 unspecified atom stereocenters. The minimum Gasteiger partial charge on any atom is -0.383 e. The lowest BCUT2D eigenvalue weighted by atomic mass is 10.0. The highest BCUT2D eigenvalue weighted by Gasteiger charge is 2.16. The monoisotopic (exact) mass is 260 g/mol. The van der Waals surface area contributed by atoms with Gasteiger partial charge in [-0.15, -0.1) is 0 Å². The minimum absolute atomic E-state index is 0.00259. The van der Waals surface area contributed by atoms with Gasteiger partial charge in [-0.1, -0.05) is 6.92 Å². The fourth-order valence-electron chi connectivity index (χ4n) is 1.40. The number of primary amides is 1. The van der Waals surface area contributed by atoms with Crippen molar-refractivity contribution in [3.8, 4) is 0 Å². The topological polar surface area (TPSA) is 81.9 Å². The molecule has 0 saturated heterocycles. The summed E-state index contributed by atoms with van der Waals surface area (Å²) in [6, 6.07) is 0. The molecule has 0 radical (unpaired) electrons. The molecule has 18 heavy (non-hydrogen) atoms. The van der Waals surface area contributed by atoms with Gasteiger partial charge in [0.05, 0.1) is 13.2 Å². The van der Waals surface area contributed by atoms with Gasteiger partial charge in [0, 0.05) is 39.6 Å². The molecule has 0 rings (SSSR count). The summed E-state index contributed by atoms with van der Waals surface area (Å²) >= 11 is 0. The molecule has 0 spiro atoms. The van der Waals surface area contributed by atoms with Crippen LogP contribution in [0.3, 0.4) is 0 Å². The molecule has 2 N–H and O–H groups in total. The summed E-state index contributed by atoms with van der Waals surface area (Å²) < 4.78 is 9.91. The van der Waals surface area contributed by atoms with Gasteiger partial charge in [-0.3, -0.25) is 9.59 Å². The molecule has 0 bridgehead atoms. The van der Waals surface area contributed by atoms with E-state index in [0.717, 1.165) is 0 Å². The number of carbonyl (C=O) groups is 2. The Morgan fingerprint density at radius 2 is 1.67 bits per heavy atom. The van der Waals surface area contributed by atoms with Crippen molar-refractivity contribution in [3.05, 3.63) is 0 Å². The second-order valence-corrected chi connectivity index (χ2v) is 4.21. The van der Waals surface area contributed by atoms with E-state index in [1.807, 2.05) is 0 Å². The smallest absolute Gasteiger partial charge is 0.222 e. The van der Waals surface area contributed by atoms with E-state index in [1.54, 1.807) is 26.0 Å². The Bertz CT molecular complexity index is 250. The van der Waals surface area contributed by atoms with Gasteiger partial charge >= 0.3 is 0 Å². The molecule has 0 aliphatic rings. The van der Waals surface area contributed by atoms with Crippen molar-refractivity contribution in [2.45, 2.75) is 19.8 Å². The van der Waals surface area contributed by atoms with E-state index in [9.17, 15) is 9.59 Å². The Kier molecular flexibility index (Phi) is 9.22. The highest BCUT2D eigenvalue weighted by atomic mass is 16.5. The van der Waals surface area contributed by atoms with Crippen molar-refractivity contribution < 1.29 is 19.1 Å². The van der Waals surface area contributed by atoms with Gasteiger partial charge in [-0.2, -0.15) is 0 Å². The summed E-state index contributed by atoms with van der Waals surface area (Å²) in [4.78, 5) is 24.5. The van der Waals surface area contributed by atoms with E-state index in [-0.39, 0.29) is 17.7 Å². The highest BCUT2D eigenvalue weighted by molar-refractivity contribution is 5.79. The summed E-state index contributed by atoms with van der Waals surface area (Å²) in [5, 5.41) is 0. The van der Waals surface area contributed by atoms with Crippen LogP contribution in [0, 0.1) is 5.92 Å². The lowest BCUT2D eigenvalue weighted by Crippen LogP contribution is -2.36. The minimum atomic E-state index is -0.372. The van der Waals surface area contributed by atoms with Crippen molar-refractivity contribution >= 4 is 11.8 Å². The Hall–Kier alpha value is -1.14. The summed E-state index contributed by atoms with van der Waals surface area (Å²) in [7, 11) is 3.18. The third-order valence-electron chi connectivity index (χ3n) is 2.76. The second-order valence-electron chi connectivity index (χ2n) is 4.21. The van der Waals surface area contributed by atoms with Crippen LogP contribution in [0.5, 0.6) is 0 Å². The largest absolute Gasteiger partial charge is 0.383 e. The number of amides is 2. The Labute approximate surface area is 108 Å². The third kappa shape index (κ3) is 7.24. The lowest BCUT2D eigenvalue weighted by molar-refractivity contribution is -0.133. The molecule has 0 aromatic carbocycles. The maximum Gasteiger partial charge on any atom is 0.222 e. The van der Waals surface area contributed by atoms with Crippen molar-refractivity contribution in [3.63, 3.8) is 0 Å². The number of rotatable bonds is 10. The number of ether oxygens (including phenoxy) is 2. The zero-order chi connectivity index (χ0) is 14.0. The molecule has 0 saturated carbocycles. The second kappa shape index (κ2) is 9.85. The molecule has 106 valence electrons. The van der Waals surface area contributed by atoms with Gasteiger partial charge in [0.1, 0.15) is 0 Å². The van der Waals surface area contributed by atoms with E-state index < -0.39 is 0 Å². The maximum atomic E-state index is 11.9. The van der Waals surface area contributed by atoms with Gasteiger partial charge in [0.2, 0.25) is 11.8 Å². The number of hydrogen-bond acceptors (Lipinski definition) is 4. The van der Waals surface area contributed by atoms with Crippen molar-refractivity contribution in [2.24, 2.45) is 11.7 Å². The van der Waals surface area contributed by atoms with Gasteiger partial charge < -0.3 is 20.1 Å². The van der Waals surface area contributed by atoms with Crippen LogP contribution in [0.2, 0.25) is 0 Å². The van der Waals surface area contributed by atoms with Crippen LogP contribution >= 0.6 is 0 Å². The van der Waals surface area contributed by atoms with E-state index in [4.69, 9.17) is 15.2 Å². The van der Waals surface area contributed by atoms with E-state index >= 15 is 0 Å². The zero-order valence-corrected chi connectivity index (χ0v) is 11.5. The molecule has 6 nitrogen and oxygen atoms in total. The molecule has 2 amide bonds. The summed E-state index contributed by atoms with van der Waals surface area (Å²) in [5.74, 6) is -0.652. The first kappa shape index (κ1) is 16.9. The number of nitrogens with zero attached hydrogens (tertiary/aromatic N) is 1. The predicted octanol–water partition coefficient (Wildman–Crippen LogP) is 0.00940. The van der Waals surface area contributed by atoms with Crippen molar-refractivity contribution in [1.82, 2.24) is 4.90 Å². The summed E-state index contributed by atoms with van der Waals surface area (Å²) in [6.45, 7) is 3.76. The fourth-order valence-corrected chi connectivity index (χ4v) is 1.40. The summed E-state index contributed by atoms with van der Waals surface area (Å²) in [5.41, 5.74) is 5.15. The van der Waals surface area contributed by atoms with Gasteiger partial charge in [0.25, 0.3) is 0 Å². The van der Waals surface area contributed by atoms with Crippen LogP contribution in [-0.2, 0) is 19.1 Å². The Morgan fingerprint density at radius 1 is 1.17 bits per heavy atom. The average molecular weight is 260 g/mol. The Morgan fingerprint density at radius 3 is 2.06 bits per heavy atom. The SMILES string of the molecule is COCCN(CCOC)C(=O)CC[C@H](C)C(N)=O. The van der Waals surface area contributed by atoms with Crippen LogP contribution in [0.4, 0.5) is 0 Å². The van der Waals surface area contributed by atoms with E-state index in [1.165, 1.54) is 0 Å². The maximum absolute atomic E-state index is 11.9. The first-order chi connectivity index (χ1) is 8.52. The van der Waals surface area contributed by atoms with Crippen molar-refractivity contribution in [2.75, 3.05) is 40.5 Å². The molecule has 6 heteroatoms. The quantitative estimate of drug-likeness (QED) is 0.600. The number of methoxy groups -OCH3 is 2. The first-order valence-corrected chi connectivity index (χ1v) is 6.07. The molecule has 0 aliphatic heterocycles. The molecule has 1 atom stereocenters. The normalized spacial score (nSPS) is 12.2. The highest BCUT2D eigenvalue weighted by Crippen LogP contribution is 2.07. The van der Waals surface area contributed by atoms with E-state index in [0.29, 0.717) is 39.1 Å². The van der Waals surface area contributed by atoms with Crippen molar-refractivity contribution in [1.29, 1.82) is 0 Å². The standard InChI is InChI=1S/C12H24N2O4/c1-10(12(13)16)4-5-11(15)14(6-8-17-2)7-9-18-3/h10H,4-9H2,1-3H3,(H2,13,16)/t10-/m0/s1. The summed E-state index contributed by atoms with van der Waals surface area (Å²) in [6.07, 6.45) is 0.794. The Balaban J connectivity index is 4.14. The van der Waals surface area contributed by atoms with Gasteiger partial charge in [-0.05, 0) is 6.42 Å². The first-order valence-electron chi connectivity index (χ1n) is 6.07. The van der Waals surface area contributed by atoms with Crippen LogP contribution < -0.4 is 5.73 Å². The molecule has 0 aromatic heterocycles. The van der Waals surface area contributed by atoms with Gasteiger partial charge in [-0.25, -0.2) is 0 Å². The molecule has 0 aliphatic carbocycles. The average Bonchev–Trinajstić information content (AvgIpc) is 2.35. The molecular formula is C12H24N2O4. The molecular weight excluding hydrogens is 236 g/mol. The third-order valence-corrected chi connectivity index (χ3v) is 2.76. The van der Waals surface area contributed by atoms with Crippen LogP contribution in [0.25, 0.3) is 0 Å². The van der Waals surface area contributed by atoms with Gasteiger partial charge in [0.15, 0.2) is 0 Å². The zero-order valence-electron chi connectivity index (χ0n) is 11.5. The lowest BCUT2D eigenvalue weighted by Gasteiger charge is -2.22. The molecule has 0 fully saturated rings. The molecule has 0 heterocycles. The van der Waals surface area contributed by atoms with Crippen LogP contribution in [0.15, 0.2) is 0 Å².